The van der Waals surface area contributed by atoms with E-state index in [9.17, 15) is 4.79 Å². The third-order valence-corrected chi connectivity index (χ3v) is 4.83. The summed E-state index contributed by atoms with van der Waals surface area (Å²) in [6.45, 7) is 7.44. The van der Waals surface area contributed by atoms with Gasteiger partial charge in [-0.3, -0.25) is 4.79 Å². The SMILES string of the molecule is Cc1ccc(NC(=S)NCc2ccc(OC(C)C)cc2)cc1N1CCCC1=O. The van der Waals surface area contributed by atoms with E-state index < -0.39 is 0 Å². The minimum Gasteiger partial charge on any atom is -0.491 e. The van der Waals surface area contributed by atoms with Gasteiger partial charge in [-0.05, 0) is 74.8 Å². The maximum atomic E-state index is 12.1. The van der Waals surface area contributed by atoms with Gasteiger partial charge in [-0.1, -0.05) is 18.2 Å². The molecule has 0 bridgehead atoms. The molecule has 148 valence electrons. The summed E-state index contributed by atoms with van der Waals surface area (Å²) in [6.07, 6.45) is 1.70. The molecule has 6 heteroatoms. The molecule has 1 saturated heterocycles. The fourth-order valence-corrected chi connectivity index (χ4v) is 3.39. The average molecular weight is 398 g/mol. The molecule has 2 aromatic carbocycles. The maximum absolute atomic E-state index is 12.1. The zero-order valence-electron chi connectivity index (χ0n) is 16.6. The number of anilines is 2. The highest BCUT2D eigenvalue weighted by Crippen LogP contribution is 2.28. The number of hydrogen-bond acceptors (Lipinski definition) is 3. The number of nitrogens with zero attached hydrogens (tertiary/aromatic N) is 1. The van der Waals surface area contributed by atoms with Crippen molar-refractivity contribution in [3.05, 3.63) is 53.6 Å². The van der Waals surface area contributed by atoms with Crippen molar-refractivity contribution in [2.24, 2.45) is 0 Å². The van der Waals surface area contributed by atoms with Crippen molar-refractivity contribution in [1.29, 1.82) is 0 Å². The normalized spacial score (nSPS) is 13.7. The fraction of sp³-hybridized carbons (Fsp3) is 0.364. The lowest BCUT2D eigenvalue weighted by Crippen LogP contribution is -2.28. The van der Waals surface area contributed by atoms with E-state index in [0.717, 1.165) is 41.2 Å². The van der Waals surface area contributed by atoms with Crippen LogP contribution in [0.1, 0.15) is 37.8 Å². The van der Waals surface area contributed by atoms with Gasteiger partial charge in [0.1, 0.15) is 5.75 Å². The summed E-state index contributed by atoms with van der Waals surface area (Å²) in [7, 11) is 0. The lowest BCUT2D eigenvalue weighted by molar-refractivity contribution is -0.117. The van der Waals surface area contributed by atoms with Gasteiger partial charge >= 0.3 is 0 Å². The zero-order chi connectivity index (χ0) is 20.1. The molecule has 5 nitrogen and oxygen atoms in total. The topological polar surface area (TPSA) is 53.6 Å². The second-order valence-corrected chi connectivity index (χ2v) is 7.68. The largest absolute Gasteiger partial charge is 0.491 e. The average Bonchev–Trinajstić information content (AvgIpc) is 3.08. The first-order valence-corrected chi connectivity index (χ1v) is 10.0. The van der Waals surface area contributed by atoms with Gasteiger partial charge in [-0.25, -0.2) is 0 Å². The van der Waals surface area contributed by atoms with Crippen LogP contribution in [-0.2, 0) is 11.3 Å². The number of amides is 1. The number of ether oxygens (including phenoxy) is 1. The quantitative estimate of drug-likeness (QED) is 0.708. The predicted molar refractivity (Wildman–Crippen MR) is 118 cm³/mol. The molecule has 0 radical (unpaired) electrons. The van der Waals surface area contributed by atoms with Gasteiger partial charge in [0.05, 0.1) is 6.10 Å². The van der Waals surface area contributed by atoms with Crippen molar-refractivity contribution in [1.82, 2.24) is 5.32 Å². The third-order valence-electron chi connectivity index (χ3n) is 4.58. The van der Waals surface area contributed by atoms with E-state index in [4.69, 9.17) is 17.0 Å². The van der Waals surface area contributed by atoms with Crippen molar-refractivity contribution in [2.45, 2.75) is 46.3 Å². The van der Waals surface area contributed by atoms with E-state index in [0.29, 0.717) is 18.1 Å². The molecule has 1 aliphatic rings. The second kappa shape index (κ2) is 9.06. The smallest absolute Gasteiger partial charge is 0.227 e. The van der Waals surface area contributed by atoms with Crippen LogP contribution in [0.5, 0.6) is 5.75 Å². The standard InChI is InChI=1S/C22H27N3O2S/c1-15(2)27-19-10-7-17(8-11-19)14-23-22(28)24-18-9-6-16(3)20(13-18)25-12-4-5-21(25)26/h6-11,13,15H,4-5,12,14H2,1-3H3,(H2,23,24,28). The van der Waals surface area contributed by atoms with Gasteiger partial charge in [-0.15, -0.1) is 0 Å². The summed E-state index contributed by atoms with van der Waals surface area (Å²) >= 11 is 5.42. The summed E-state index contributed by atoms with van der Waals surface area (Å²) in [5.41, 5.74) is 4.03. The van der Waals surface area contributed by atoms with Gasteiger partial charge in [0.2, 0.25) is 5.91 Å². The molecule has 2 N–H and O–H groups in total. The minimum atomic E-state index is 0.163. The first-order valence-electron chi connectivity index (χ1n) is 9.64. The first-order chi connectivity index (χ1) is 13.4. The summed E-state index contributed by atoms with van der Waals surface area (Å²) in [5.74, 6) is 1.05. The molecule has 0 aliphatic carbocycles. The number of aryl methyl sites for hydroxylation is 1. The molecule has 1 heterocycles. The maximum Gasteiger partial charge on any atom is 0.227 e. The minimum absolute atomic E-state index is 0.163. The molecule has 0 unspecified atom stereocenters. The van der Waals surface area contributed by atoms with Crippen molar-refractivity contribution in [2.75, 3.05) is 16.8 Å². The monoisotopic (exact) mass is 397 g/mol. The lowest BCUT2D eigenvalue weighted by Gasteiger charge is -2.20. The highest BCUT2D eigenvalue weighted by molar-refractivity contribution is 7.80. The molecule has 1 amide bonds. The first kappa shape index (κ1) is 20.1. The molecule has 0 atom stereocenters. The molecule has 28 heavy (non-hydrogen) atoms. The number of carbonyl (C=O) groups excluding carboxylic acids is 1. The molecular formula is C22H27N3O2S. The van der Waals surface area contributed by atoms with Crippen LogP contribution < -0.4 is 20.3 Å². The molecule has 2 aromatic rings. The van der Waals surface area contributed by atoms with Gasteiger partial charge in [-0.2, -0.15) is 0 Å². The van der Waals surface area contributed by atoms with E-state index >= 15 is 0 Å². The van der Waals surface area contributed by atoms with Crippen LogP contribution in [0.25, 0.3) is 0 Å². The number of carbonyl (C=O) groups is 1. The Hall–Kier alpha value is -2.60. The van der Waals surface area contributed by atoms with Crippen LogP contribution in [0.15, 0.2) is 42.5 Å². The van der Waals surface area contributed by atoms with Gasteiger partial charge in [0.25, 0.3) is 0 Å². The van der Waals surface area contributed by atoms with Crippen molar-refractivity contribution < 1.29 is 9.53 Å². The molecule has 1 aliphatic heterocycles. The van der Waals surface area contributed by atoms with E-state index in [1.54, 1.807) is 0 Å². The highest BCUT2D eigenvalue weighted by Gasteiger charge is 2.23. The summed E-state index contributed by atoms with van der Waals surface area (Å²) in [6, 6.07) is 14.0. The third kappa shape index (κ3) is 5.23. The number of rotatable bonds is 6. The van der Waals surface area contributed by atoms with Gasteiger partial charge < -0.3 is 20.3 Å². The van der Waals surface area contributed by atoms with Crippen LogP contribution >= 0.6 is 12.2 Å². The Morgan fingerprint density at radius 1 is 1.21 bits per heavy atom. The molecule has 1 fully saturated rings. The van der Waals surface area contributed by atoms with Crippen molar-refractivity contribution in [3.8, 4) is 5.75 Å². The molecule has 3 rings (SSSR count). The van der Waals surface area contributed by atoms with Crippen LogP contribution in [0.4, 0.5) is 11.4 Å². The van der Waals surface area contributed by atoms with Crippen molar-refractivity contribution >= 4 is 34.6 Å². The number of thiocarbonyl (C=S) groups is 1. The Kier molecular flexibility index (Phi) is 6.52. The van der Waals surface area contributed by atoms with Crippen LogP contribution in [0, 0.1) is 6.92 Å². The lowest BCUT2D eigenvalue weighted by atomic mass is 10.1. The van der Waals surface area contributed by atoms with E-state index in [2.05, 4.69) is 10.6 Å². The molecule has 0 aromatic heterocycles. The highest BCUT2D eigenvalue weighted by atomic mass is 32.1. The van der Waals surface area contributed by atoms with Gasteiger partial charge in [0, 0.05) is 30.9 Å². The zero-order valence-corrected chi connectivity index (χ0v) is 17.4. The Morgan fingerprint density at radius 3 is 2.61 bits per heavy atom. The second-order valence-electron chi connectivity index (χ2n) is 7.27. The number of benzene rings is 2. The summed E-state index contributed by atoms with van der Waals surface area (Å²) in [4.78, 5) is 13.9. The Morgan fingerprint density at radius 2 is 1.96 bits per heavy atom. The van der Waals surface area contributed by atoms with Gasteiger partial charge in [0.15, 0.2) is 5.11 Å². The Bertz CT molecular complexity index is 849. The van der Waals surface area contributed by atoms with E-state index in [-0.39, 0.29) is 12.0 Å². The summed E-state index contributed by atoms with van der Waals surface area (Å²) < 4.78 is 5.66. The predicted octanol–water partition coefficient (Wildman–Crippen LogP) is 4.40. The van der Waals surface area contributed by atoms with Crippen molar-refractivity contribution in [3.63, 3.8) is 0 Å². The van der Waals surface area contributed by atoms with Crippen LogP contribution in [-0.4, -0.2) is 23.7 Å². The Balaban J connectivity index is 1.57. The van der Waals surface area contributed by atoms with Crippen LogP contribution in [0.3, 0.4) is 0 Å². The molecule has 0 saturated carbocycles. The number of nitrogens with one attached hydrogen (secondary N) is 2. The van der Waals surface area contributed by atoms with Crippen LogP contribution in [0.2, 0.25) is 0 Å². The Labute approximate surface area is 172 Å². The molecular weight excluding hydrogens is 370 g/mol. The number of hydrogen-bond donors (Lipinski definition) is 2. The van der Waals surface area contributed by atoms with E-state index in [1.807, 2.05) is 68.1 Å². The fourth-order valence-electron chi connectivity index (χ4n) is 3.20. The summed E-state index contributed by atoms with van der Waals surface area (Å²) in [5, 5.41) is 6.98. The van der Waals surface area contributed by atoms with E-state index in [1.165, 1.54) is 0 Å². The molecule has 0 spiro atoms.